The Labute approximate surface area is 132 Å². The van der Waals surface area contributed by atoms with Crippen LogP contribution in [0.3, 0.4) is 0 Å². The van der Waals surface area contributed by atoms with Gasteiger partial charge in [-0.3, -0.25) is 9.89 Å². The van der Waals surface area contributed by atoms with Crippen molar-refractivity contribution in [3.05, 3.63) is 37.7 Å². The summed E-state index contributed by atoms with van der Waals surface area (Å²) in [5.74, 6) is -0.763. The number of carboxylic acid groups (broad SMARTS) is 1. The molecule has 0 spiro atoms. The monoisotopic (exact) mass is 369 g/mol. The number of aromatic nitrogens is 2. The highest BCUT2D eigenvalue weighted by Crippen LogP contribution is 2.42. The van der Waals surface area contributed by atoms with E-state index in [0.29, 0.717) is 11.6 Å². The quantitative estimate of drug-likeness (QED) is 0.754. The number of carbonyl (C=O) groups is 2. The maximum Gasteiger partial charge on any atom is 0.345 e. The summed E-state index contributed by atoms with van der Waals surface area (Å²) in [5, 5.41) is 18.5. The van der Waals surface area contributed by atoms with Gasteiger partial charge in [-0.05, 0) is 40.9 Å². The molecule has 0 radical (unpaired) electrons. The van der Waals surface area contributed by atoms with Gasteiger partial charge in [0.25, 0.3) is 5.91 Å². The molecule has 0 unspecified atom stereocenters. The lowest BCUT2D eigenvalue weighted by molar-refractivity contribution is 0.0702. The van der Waals surface area contributed by atoms with E-state index in [1.807, 2.05) is 0 Å². The van der Waals surface area contributed by atoms with E-state index in [1.54, 1.807) is 6.07 Å². The molecule has 0 bridgehead atoms. The van der Waals surface area contributed by atoms with Crippen LogP contribution in [-0.2, 0) is 6.54 Å². The van der Waals surface area contributed by atoms with E-state index in [4.69, 9.17) is 5.11 Å². The van der Waals surface area contributed by atoms with Crippen LogP contribution in [0, 0.1) is 0 Å². The number of thiophene rings is 1. The predicted molar refractivity (Wildman–Crippen MR) is 80.7 cm³/mol. The number of aromatic carboxylic acids is 1. The molecule has 1 fully saturated rings. The molecule has 6 nitrogen and oxygen atoms in total. The molecule has 2 heterocycles. The van der Waals surface area contributed by atoms with E-state index in [0.717, 1.165) is 39.2 Å². The minimum atomic E-state index is -0.957. The van der Waals surface area contributed by atoms with Gasteiger partial charge >= 0.3 is 5.97 Å². The summed E-state index contributed by atoms with van der Waals surface area (Å²) in [7, 11) is 0. The van der Waals surface area contributed by atoms with Crippen LogP contribution in [0.1, 0.15) is 49.5 Å². The van der Waals surface area contributed by atoms with E-state index in [-0.39, 0.29) is 17.3 Å². The third-order valence-corrected chi connectivity index (χ3v) is 5.10. The number of nitrogens with one attached hydrogen (secondary N) is 2. The van der Waals surface area contributed by atoms with Gasteiger partial charge in [0.1, 0.15) is 4.88 Å². The maximum atomic E-state index is 12.1. The number of hydrogen-bond donors (Lipinski definition) is 3. The highest BCUT2D eigenvalue weighted by atomic mass is 79.9. The van der Waals surface area contributed by atoms with E-state index >= 15 is 0 Å². The number of H-pyrrole nitrogens is 1. The first kappa shape index (κ1) is 14.3. The standard InChI is InChI=1S/C13H12BrN3O3S/c14-9-10(6-1-2-6)16-17-11(9)12(18)15-5-7-3-4-8(21-7)13(19)20/h3-4,6H,1-2,5H2,(H,15,18)(H,16,17)(H,19,20). The maximum absolute atomic E-state index is 12.1. The number of nitrogens with zero attached hydrogens (tertiary/aromatic N) is 1. The molecule has 2 aromatic rings. The molecular formula is C13H12BrN3O3S. The molecule has 3 N–H and O–H groups in total. The number of rotatable bonds is 5. The van der Waals surface area contributed by atoms with Gasteiger partial charge in [0.05, 0.1) is 16.7 Å². The molecule has 1 aliphatic rings. The van der Waals surface area contributed by atoms with Crippen LogP contribution < -0.4 is 5.32 Å². The van der Waals surface area contributed by atoms with Crippen molar-refractivity contribution < 1.29 is 14.7 Å². The summed E-state index contributed by atoms with van der Waals surface area (Å²) in [5.41, 5.74) is 1.32. The first-order chi connectivity index (χ1) is 10.1. The van der Waals surface area contributed by atoms with Crippen molar-refractivity contribution in [2.45, 2.75) is 25.3 Å². The fourth-order valence-corrected chi connectivity index (χ4v) is 3.44. The van der Waals surface area contributed by atoms with Crippen molar-refractivity contribution in [2.75, 3.05) is 0 Å². The smallest absolute Gasteiger partial charge is 0.345 e. The molecule has 0 aromatic carbocycles. The van der Waals surface area contributed by atoms with Crippen molar-refractivity contribution >= 4 is 39.1 Å². The number of aromatic amines is 1. The molecular weight excluding hydrogens is 358 g/mol. The summed E-state index contributed by atoms with van der Waals surface area (Å²) in [4.78, 5) is 23.9. The van der Waals surface area contributed by atoms with Gasteiger partial charge in [0.15, 0.2) is 5.69 Å². The van der Waals surface area contributed by atoms with Crippen LogP contribution >= 0.6 is 27.3 Å². The molecule has 1 aliphatic carbocycles. The summed E-state index contributed by atoms with van der Waals surface area (Å²) in [6.45, 7) is 0.287. The Balaban J connectivity index is 1.64. The van der Waals surface area contributed by atoms with Gasteiger partial charge < -0.3 is 10.4 Å². The number of halogens is 1. The third kappa shape index (κ3) is 3.01. The summed E-state index contributed by atoms with van der Waals surface area (Å²) < 4.78 is 0.722. The Hall–Kier alpha value is -1.67. The highest BCUT2D eigenvalue weighted by Gasteiger charge is 2.30. The van der Waals surface area contributed by atoms with Crippen molar-refractivity contribution in [3.8, 4) is 0 Å². The lowest BCUT2D eigenvalue weighted by Gasteiger charge is -2.01. The van der Waals surface area contributed by atoms with Gasteiger partial charge in [0, 0.05) is 10.8 Å². The minimum absolute atomic E-state index is 0.260. The average molecular weight is 370 g/mol. The van der Waals surface area contributed by atoms with Crippen molar-refractivity contribution in [3.63, 3.8) is 0 Å². The second kappa shape index (κ2) is 5.61. The topological polar surface area (TPSA) is 95.1 Å². The van der Waals surface area contributed by atoms with Crippen molar-refractivity contribution in [2.24, 2.45) is 0 Å². The van der Waals surface area contributed by atoms with Crippen molar-refractivity contribution in [1.29, 1.82) is 0 Å². The van der Waals surface area contributed by atoms with Crippen LogP contribution in [0.5, 0.6) is 0 Å². The summed E-state index contributed by atoms with van der Waals surface area (Å²) in [6.07, 6.45) is 2.24. The van der Waals surface area contributed by atoms with Crippen LogP contribution in [-0.4, -0.2) is 27.2 Å². The molecule has 1 amide bonds. The summed E-state index contributed by atoms with van der Waals surface area (Å²) >= 11 is 4.56. The van der Waals surface area contributed by atoms with Crippen molar-refractivity contribution in [1.82, 2.24) is 15.5 Å². The Bertz CT molecular complexity index is 705. The average Bonchev–Trinajstić information content (AvgIpc) is 3.04. The molecule has 0 aliphatic heterocycles. The molecule has 0 atom stereocenters. The van der Waals surface area contributed by atoms with Gasteiger partial charge in [-0.2, -0.15) is 5.10 Å². The number of hydrogen-bond acceptors (Lipinski definition) is 4. The molecule has 110 valence electrons. The zero-order chi connectivity index (χ0) is 15.0. The van der Waals surface area contributed by atoms with E-state index in [2.05, 4.69) is 31.4 Å². The van der Waals surface area contributed by atoms with E-state index in [1.165, 1.54) is 6.07 Å². The normalized spacial score (nSPS) is 14.1. The Morgan fingerprint density at radius 1 is 1.48 bits per heavy atom. The zero-order valence-corrected chi connectivity index (χ0v) is 13.3. The lowest BCUT2D eigenvalue weighted by atomic mass is 10.2. The van der Waals surface area contributed by atoms with Crippen LogP contribution in [0.25, 0.3) is 0 Å². The minimum Gasteiger partial charge on any atom is -0.477 e. The molecule has 1 saturated carbocycles. The molecule has 0 saturated heterocycles. The third-order valence-electron chi connectivity index (χ3n) is 3.23. The largest absolute Gasteiger partial charge is 0.477 e. The molecule has 3 rings (SSSR count). The van der Waals surface area contributed by atoms with Gasteiger partial charge in [0.2, 0.25) is 0 Å². The van der Waals surface area contributed by atoms with Crippen LogP contribution in [0.15, 0.2) is 16.6 Å². The molecule has 8 heteroatoms. The first-order valence-corrected chi connectivity index (χ1v) is 8.01. The van der Waals surface area contributed by atoms with E-state index in [9.17, 15) is 9.59 Å². The number of carbonyl (C=O) groups excluding carboxylic acids is 1. The second-order valence-electron chi connectivity index (χ2n) is 4.83. The van der Waals surface area contributed by atoms with Crippen LogP contribution in [0.4, 0.5) is 0 Å². The number of carboxylic acids is 1. The lowest BCUT2D eigenvalue weighted by Crippen LogP contribution is -2.23. The second-order valence-corrected chi connectivity index (χ2v) is 6.79. The Kier molecular flexibility index (Phi) is 3.81. The predicted octanol–water partition coefficient (Wildman–Crippen LogP) is 2.74. The Morgan fingerprint density at radius 3 is 2.86 bits per heavy atom. The van der Waals surface area contributed by atoms with E-state index < -0.39 is 5.97 Å². The molecule has 2 aromatic heterocycles. The van der Waals surface area contributed by atoms with Crippen LogP contribution in [0.2, 0.25) is 0 Å². The molecule has 21 heavy (non-hydrogen) atoms. The Morgan fingerprint density at radius 2 is 2.24 bits per heavy atom. The summed E-state index contributed by atoms with van der Waals surface area (Å²) in [6, 6.07) is 3.23. The van der Waals surface area contributed by atoms with Gasteiger partial charge in [-0.1, -0.05) is 0 Å². The highest BCUT2D eigenvalue weighted by molar-refractivity contribution is 9.10. The number of amides is 1. The first-order valence-electron chi connectivity index (χ1n) is 6.40. The van der Waals surface area contributed by atoms with Gasteiger partial charge in [-0.15, -0.1) is 11.3 Å². The SMILES string of the molecule is O=C(O)c1ccc(CNC(=O)c2n[nH]c(C3CC3)c2Br)s1. The fraction of sp³-hybridized carbons (Fsp3) is 0.308. The fourth-order valence-electron chi connectivity index (χ4n) is 1.97. The zero-order valence-electron chi connectivity index (χ0n) is 10.9. The van der Waals surface area contributed by atoms with Gasteiger partial charge in [-0.25, -0.2) is 4.79 Å².